The minimum absolute atomic E-state index is 0.0487. The van der Waals surface area contributed by atoms with E-state index in [1.54, 1.807) is 19.5 Å². The summed E-state index contributed by atoms with van der Waals surface area (Å²) in [7, 11) is 1.74. The number of urea groups is 1. The minimum Gasteiger partial charge on any atom is -0.383 e. The third-order valence-electron chi connectivity index (χ3n) is 5.16. The molecule has 2 fully saturated rings. The van der Waals surface area contributed by atoms with Gasteiger partial charge in [-0.1, -0.05) is 0 Å². The molecule has 2 saturated heterocycles. The highest BCUT2D eigenvalue weighted by Crippen LogP contribution is 2.16. The number of rotatable bonds is 6. The van der Waals surface area contributed by atoms with Gasteiger partial charge in [0.2, 0.25) is 5.95 Å². The van der Waals surface area contributed by atoms with E-state index < -0.39 is 0 Å². The zero-order valence-corrected chi connectivity index (χ0v) is 15.6. The van der Waals surface area contributed by atoms with Gasteiger partial charge >= 0.3 is 6.03 Å². The van der Waals surface area contributed by atoms with Crippen LogP contribution in [-0.4, -0.2) is 91.9 Å². The third-order valence-corrected chi connectivity index (χ3v) is 5.16. The molecule has 26 heavy (non-hydrogen) atoms. The molecule has 0 spiro atoms. The molecule has 0 radical (unpaired) electrons. The molecule has 8 nitrogen and oxygen atoms in total. The van der Waals surface area contributed by atoms with Crippen molar-refractivity contribution in [3.05, 3.63) is 18.5 Å². The molecule has 2 aliphatic rings. The molecule has 0 saturated carbocycles. The summed E-state index contributed by atoms with van der Waals surface area (Å²) in [5, 5.41) is 3.13. The number of carbonyl (C=O) groups excluding carboxylic acids is 1. The summed E-state index contributed by atoms with van der Waals surface area (Å²) >= 11 is 0. The van der Waals surface area contributed by atoms with Gasteiger partial charge in [-0.05, 0) is 31.4 Å². The summed E-state index contributed by atoms with van der Waals surface area (Å²) in [5.41, 5.74) is 0. The number of hydrogen-bond acceptors (Lipinski definition) is 6. The maximum atomic E-state index is 12.5. The lowest BCUT2D eigenvalue weighted by Gasteiger charge is -2.36. The number of aromatic nitrogens is 2. The number of carbonyl (C=O) groups is 1. The van der Waals surface area contributed by atoms with Gasteiger partial charge in [-0.3, -0.25) is 0 Å². The van der Waals surface area contributed by atoms with Crippen LogP contribution in [0, 0.1) is 5.92 Å². The van der Waals surface area contributed by atoms with E-state index in [-0.39, 0.29) is 6.03 Å². The van der Waals surface area contributed by atoms with Crippen LogP contribution in [0.15, 0.2) is 18.5 Å². The predicted octanol–water partition coefficient (Wildman–Crippen LogP) is 0.667. The first-order valence-corrected chi connectivity index (χ1v) is 9.52. The fourth-order valence-corrected chi connectivity index (χ4v) is 3.65. The Bertz CT molecular complexity index is 550. The summed E-state index contributed by atoms with van der Waals surface area (Å²) in [4.78, 5) is 27.5. The number of amides is 2. The Morgan fingerprint density at radius 2 is 2.00 bits per heavy atom. The van der Waals surface area contributed by atoms with Gasteiger partial charge in [0.25, 0.3) is 0 Å². The highest BCUT2D eigenvalue weighted by Gasteiger charge is 2.24. The molecule has 1 aromatic rings. The van der Waals surface area contributed by atoms with Crippen molar-refractivity contribution in [1.29, 1.82) is 0 Å². The second-order valence-electron chi connectivity index (χ2n) is 7.01. The number of likely N-dealkylation sites (tertiary alicyclic amines) is 1. The van der Waals surface area contributed by atoms with Crippen molar-refractivity contribution in [2.45, 2.75) is 12.8 Å². The maximum Gasteiger partial charge on any atom is 0.317 e. The van der Waals surface area contributed by atoms with E-state index in [2.05, 4.69) is 25.1 Å². The van der Waals surface area contributed by atoms with Crippen LogP contribution in [0.1, 0.15) is 12.8 Å². The number of hydrogen-bond donors (Lipinski definition) is 1. The number of anilines is 1. The average Bonchev–Trinajstić information content (AvgIpc) is 2.71. The molecule has 1 aromatic heterocycles. The van der Waals surface area contributed by atoms with Crippen molar-refractivity contribution >= 4 is 12.0 Å². The number of nitrogens with zero attached hydrogens (tertiary/aromatic N) is 5. The van der Waals surface area contributed by atoms with E-state index in [0.717, 1.165) is 51.8 Å². The zero-order valence-electron chi connectivity index (χ0n) is 15.6. The highest BCUT2D eigenvalue weighted by atomic mass is 16.5. The molecule has 0 aromatic carbocycles. The van der Waals surface area contributed by atoms with Gasteiger partial charge in [0.1, 0.15) is 0 Å². The first-order chi connectivity index (χ1) is 12.8. The molecule has 0 aliphatic carbocycles. The lowest BCUT2D eigenvalue weighted by Crippen LogP contribution is -2.53. The normalized spacial score (nSPS) is 21.7. The topological polar surface area (TPSA) is 73.8 Å². The Kier molecular flexibility index (Phi) is 7.02. The smallest absolute Gasteiger partial charge is 0.317 e. The largest absolute Gasteiger partial charge is 0.383 e. The number of piperazine rings is 1. The van der Waals surface area contributed by atoms with Crippen molar-refractivity contribution < 1.29 is 9.53 Å². The number of piperidine rings is 1. The SMILES string of the molecule is COCCN1CCC[C@@H](CNC(=O)N2CCN(c3ncccn3)CC2)C1. The van der Waals surface area contributed by atoms with E-state index in [9.17, 15) is 4.79 Å². The van der Waals surface area contributed by atoms with Crippen molar-refractivity contribution in [3.63, 3.8) is 0 Å². The molecule has 3 heterocycles. The van der Waals surface area contributed by atoms with Crippen molar-refractivity contribution in [2.24, 2.45) is 5.92 Å². The lowest BCUT2D eigenvalue weighted by atomic mass is 9.98. The monoisotopic (exact) mass is 362 g/mol. The Balaban J connectivity index is 1.38. The molecular formula is C18H30N6O2. The third kappa shape index (κ3) is 5.28. The van der Waals surface area contributed by atoms with Gasteiger partial charge in [-0.2, -0.15) is 0 Å². The molecule has 0 unspecified atom stereocenters. The Labute approximate surface area is 155 Å². The summed E-state index contributed by atoms with van der Waals surface area (Å²) in [5.74, 6) is 1.27. The van der Waals surface area contributed by atoms with Gasteiger partial charge < -0.3 is 24.8 Å². The van der Waals surface area contributed by atoms with E-state index in [1.807, 2.05) is 11.0 Å². The Hall–Kier alpha value is -1.93. The van der Waals surface area contributed by atoms with E-state index >= 15 is 0 Å². The van der Waals surface area contributed by atoms with Crippen LogP contribution in [0.2, 0.25) is 0 Å². The van der Waals surface area contributed by atoms with Crippen LogP contribution in [0.4, 0.5) is 10.7 Å². The second kappa shape index (κ2) is 9.68. The van der Waals surface area contributed by atoms with E-state index in [0.29, 0.717) is 19.0 Å². The van der Waals surface area contributed by atoms with Crippen LogP contribution in [0.25, 0.3) is 0 Å². The molecule has 8 heteroatoms. The molecule has 1 N–H and O–H groups in total. The van der Waals surface area contributed by atoms with E-state index in [4.69, 9.17) is 4.74 Å². The fourth-order valence-electron chi connectivity index (χ4n) is 3.65. The van der Waals surface area contributed by atoms with Gasteiger partial charge in [0.05, 0.1) is 6.61 Å². The Morgan fingerprint density at radius 3 is 2.73 bits per heavy atom. The van der Waals surface area contributed by atoms with Crippen molar-refractivity contribution in [1.82, 2.24) is 25.1 Å². The summed E-state index contributed by atoms with van der Waals surface area (Å²) in [6.07, 6.45) is 5.88. The van der Waals surface area contributed by atoms with Crippen LogP contribution in [-0.2, 0) is 4.74 Å². The summed E-state index contributed by atoms with van der Waals surface area (Å²) in [6.45, 7) is 7.63. The summed E-state index contributed by atoms with van der Waals surface area (Å²) < 4.78 is 5.17. The zero-order chi connectivity index (χ0) is 18.2. The van der Waals surface area contributed by atoms with Gasteiger partial charge in [-0.15, -0.1) is 0 Å². The van der Waals surface area contributed by atoms with Crippen LogP contribution >= 0.6 is 0 Å². The first-order valence-electron chi connectivity index (χ1n) is 9.52. The van der Waals surface area contributed by atoms with Crippen LogP contribution in [0.3, 0.4) is 0 Å². The predicted molar refractivity (Wildman–Crippen MR) is 100 cm³/mol. The molecule has 3 rings (SSSR count). The molecule has 2 amide bonds. The lowest BCUT2D eigenvalue weighted by molar-refractivity contribution is 0.113. The standard InChI is InChI=1S/C18H30N6O2/c1-26-13-12-22-7-2-4-16(15-22)14-21-18(25)24-10-8-23(9-11-24)17-19-5-3-6-20-17/h3,5-6,16H,2,4,7-15H2,1H3,(H,21,25)/t16-/m0/s1. The highest BCUT2D eigenvalue weighted by molar-refractivity contribution is 5.74. The fraction of sp³-hybridized carbons (Fsp3) is 0.722. The van der Waals surface area contributed by atoms with Crippen molar-refractivity contribution in [3.8, 4) is 0 Å². The van der Waals surface area contributed by atoms with Crippen molar-refractivity contribution in [2.75, 3.05) is 71.0 Å². The summed E-state index contributed by atoms with van der Waals surface area (Å²) in [6, 6.07) is 1.86. The van der Waals surface area contributed by atoms with E-state index in [1.165, 1.54) is 12.8 Å². The quantitative estimate of drug-likeness (QED) is 0.802. The first kappa shape index (κ1) is 18.8. The Morgan fingerprint density at radius 1 is 1.23 bits per heavy atom. The molecule has 0 bridgehead atoms. The number of nitrogens with one attached hydrogen (secondary N) is 1. The molecule has 1 atom stereocenters. The van der Waals surface area contributed by atoms with Gasteiger partial charge in [-0.25, -0.2) is 14.8 Å². The second-order valence-corrected chi connectivity index (χ2v) is 7.01. The van der Waals surface area contributed by atoms with Gasteiger partial charge in [0.15, 0.2) is 0 Å². The average molecular weight is 362 g/mol. The van der Waals surface area contributed by atoms with Crippen LogP contribution in [0.5, 0.6) is 0 Å². The molecular weight excluding hydrogens is 332 g/mol. The molecule has 2 aliphatic heterocycles. The minimum atomic E-state index is 0.0487. The maximum absolute atomic E-state index is 12.5. The number of ether oxygens (including phenoxy) is 1. The number of methoxy groups -OCH3 is 1. The molecule has 144 valence electrons. The van der Waals surface area contributed by atoms with Gasteiger partial charge in [0, 0.05) is 65.3 Å². The van der Waals surface area contributed by atoms with Crippen LogP contribution < -0.4 is 10.2 Å².